The molecule has 0 radical (unpaired) electrons. The van der Waals surface area contributed by atoms with Gasteiger partial charge in [-0.05, 0) is 24.7 Å². The highest BCUT2D eigenvalue weighted by atomic mass is 16.7. The largest absolute Gasteiger partial charge is 0.468 e. The molecular weight excluding hydrogens is 296 g/mol. The first-order valence-corrected chi connectivity index (χ1v) is 8.51. The van der Waals surface area contributed by atoms with Crippen LogP contribution in [0.4, 0.5) is 0 Å². The number of ketones is 1. The van der Waals surface area contributed by atoms with E-state index >= 15 is 0 Å². The number of ether oxygens (including phenoxy) is 3. The van der Waals surface area contributed by atoms with E-state index in [-0.39, 0.29) is 24.4 Å². The Kier molecular flexibility index (Phi) is 12.0. The highest BCUT2D eigenvalue weighted by Crippen LogP contribution is 2.22. The van der Waals surface area contributed by atoms with E-state index in [0.717, 1.165) is 19.3 Å². The van der Waals surface area contributed by atoms with Crippen LogP contribution < -0.4 is 0 Å². The van der Waals surface area contributed by atoms with Crippen LogP contribution >= 0.6 is 0 Å². The molecule has 0 N–H and O–H groups in total. The Morgan fingerprint density at radius 3 is 2.17 bits per heavy atom. The molecule has 0 amide bonds. The van der Waals surface area contributed by atoms with Crippen LogP contribution in [-0.2, 0) is 23.8 Å². The van der Waals surface area contributed by atoms with Crippen molar-refractivity contribution in [2.45, 2.75) is 53.4 Å². The van der Waals surface area contributed by atoms with Gasteiger partial charge in [-0.15, -0.1) is 0 Å². The van der Waals surface area contributed by atoms with Crippen molar-refractivity contribution in [2.24, 2.45) is 23.7 Å². The molecule has 3 atom stereocenters. The summed E-state index contributed by atoms with van der Waals surface area (Å²) in [5, 5.41) is 0. The average molecular weight is 330 g/mol. The Labute approximate surface area is 141 Å². The lowest BCUT2D eigenvalue weighted by Crippen LogP contribution is -2.32. The average Bonchev–Trinajstić information content (AvgIpc) is 2.51. The zero-order valence-electron chi connectivity index (χ0n) is 15.6. The molecule has 0 saturated heterocycles. The lowest BCUT2D eigenvalue weighted by atomic mass is 9.84. The fourth-order valence-corrected chi connectivity index (χ4v) is 2.59. The summed E-state index contributed by atoms with van der Waals surface area (Å²) in [5.41, 5.74) is 0. The third-order valence-corrected chi connectivity index (χ3v) is 3.98. The van der Waals surface area contributed by atoms with Crippen molar-refractivity contribution in [2.75, 3.05) is 27.6 Å². The molecular formula is C18H34O5. The number of carbonyl (C=O) groups excluding carboxylic acids is 2. The fraction of sp³-hybridized carbons (Fsp3) is 0.889. The molecule has 136 valence electrons. The Hall–Kier alpha value is -0.940. The van der Waals surface area contributed by atoms with E-state index in [2.05, 4.69) is 13.8 Å². The maximum Gasteiger partial charge on any atom is 0.316 e. The summed E-state index contributed by atoms with van der Waals surface area (Å²) in [4.78, 5) is 24.6. The van der Waals surface area contributed by atoms with E-state index in [1.54, 1.807) is 7.11 Å². The molecule has 0 aromatic rings. The molecule has 5 heteroatoms. The normalized spacial score (nSPS) is 15.3. The molecule has 0 heterocycles. The Balaban J connectivity index is 4.56. The lowest BCUT2D eigenvalue weighted by molar-refractivity contribution is -0.151. The second kappa shape index (κ2) is 12.5. The van der Waals surface area contributed by atoms with Gasteiger partial charge in [-0.2, -0.15) is 0 Å². The van der Waals surface area contributed by atoms with Gasteiger partial charge in [-0.3, -0.25) is 9.59 Å². The lowest BCUT2D eigenvalue weighted by Gasteiger charge is -2.21. The van der Waals surface area contributed by atoms with Crippen LogP contribution in [0, 0.1) is 23.7 Å². The van der Waals surface area contributed by atoms with E-state index in [4.69, 9.17) is 14.2 Å². The topological polar surface area (TPSA) is 61.8 Å². The van der Waals surface area contributed by atoms with E-state index < -0.39 is 11.9 Å². The van der Waals surface area contributed by atoms with Crippen molar-refractivity contribution in [1.82, 2.24) is 0 Å². The molecule has 0 spiro atoms. The predicted octanol–water partition coefficient (Wildman–Crippen LogP) is 3.45. The highest BCUT2D eigenvalue weighted by Gasteiger charge is 2.32. The zero-order valence-corrected chi connectivity index (χ0v) is 15.6. The predicted molar refractivity (Wildman–Crippen MR) is 90.0 cm³/mol. The number of rotatable bonds is 13. The van der Waals surface area contributed by atoms with Gasteiger partial charge in [-0.25, -0.2) is 0 Å². The zero-order chi connectivity index (χ0) is 17.8. The van der Waals surface area contributed by atoms with Gasteiger partial charge < -0.3 is 14.2 Å². The van der Waals surface area contributed by atoms with Gasteiger partial charge >= 0.3 is 5.97 Å². The summed E-state index contributed by atoms with van der Waals surface area (Å²) in [5.74, 6) is -0.559. The summed E-state index contributed by atoms with van der Waals surface area (Å²) >= 11 is 0. The van der Waals surface area contributed by atoms with Gasteiger partial charge in [0.1, 0.15) is 18.5 Å². The van der Waals surface area contributed by atoms with Crippen molar-refractivity contribution < 1.29 is 23.8 Å². The maximum absolute atomic E-state index is 12.6. The van der Waals surface area contributed by atoms with Crippen molar-refractivity contribution in [3.8, 4) is 0 Å². The van der Waals surface area contributed by atoms with Crippen LogP contribution in [-0.4, -0.2) is 39.4 Å². The number of Topliss-reactive ketones (excluding diaryl/α,β-unsaturated/α-hetero) is 1. The second-order valence-electron chi connectivity index (χ2n) is 6.82. The summed E-state index contributed by atoms with van der Waals surface area (Å²) in [6, 6.07) is 0. The Morgan fingerprint density at radius 1 is 1.00 bits per heavy atom. The molecule has 0 saturated carbocycles. The summed E-state index contributed by atoms with van der Waals surface area (Å²) < 4.78 is 15.0. The summed E-state index contributed by atoms with van der Waals surface area (Å²) in [7, 11) is 2.89. The quantitative estimate of drug-likeness (QED) is 0.224. The van der Waals surface area contributed by atoms with Crippen LogP contribution in [0.3, 0.4) is 0 Å². The molecule has 0 aromatic carbocycles. The molecule has 23 heavy (non-hydrogen) atoms. The van der Waals surface area contributed by atoms with E-state index in [1.165, 1.54) is 7.11 Å². The van der Waals surface area contributed by atoms with Crippen LogP contribution in [0.2, 0.25) is 0 Å². The van der Waals surface area contributed by atoms with Gasteiger partial charge in [-0.1, -0.05) is 40.5 Å². The van der Waals surface area contributed by atoms with Crippen molar-refractivity contribution in [3.05, 3.63) is 0 Å². The van der Waals surface area contributed by atoms with Crippen molar-refractivity contribution in [3.63, 3.8) is 0 Å². The molecule has 0 bridgehead atoms. The minimum Gasteiger partial charge on any atom is -0.468 e. The second-order valence-corrected chi connectivity index (χ2v) is 6.82. The van der Waals surface area contributed by atoms with Gasteiger partial charge in [0.25, 0.3) is 0 Å². The summed E-state index contributed by atoms with van der Waals surface area (Å²) in [6.07, 6.45) is 3.37. The first kappa shape index (κ1) is 22.1. The van der Waals surface area contributed by atoms with Gasteiger partial charge in [0.2, 0.25) is 0 Å². The van der Waals surface area contributed by atoms with Crippen LogP contribution in [0.5, 0.6) is 0 Å². The Bertz CT molecular complexity index is 340. The maximum atomic E-state index is 12.6. The highest BCUT2D eigenvalue weighted by molar-refractivity contribution is 5.99. The number of carbonyl (C=O) groups is 2. The molecule has 0 aliphatic rings. The fourth-order valence-electron chi connectivity index (χ4n) is 2.59. The van der Waals surface area contributed by atoms with Gasteiger partial charge in [0.15, 0.2) is 0 Å². The third-order valence-electron chi connectivity index (χ3n) is 3.98. The van der Waals surface area contributed by atoms with E-state index in [9.17, 15) is 9.59 Å². The van der Waals surface area contributed by atoms with Crippen molar-refractivity contribution >= 4 is 11.8 Å². The number of hydrogen-bond donors (Lipinski definition) is 0. The SMILES string of the molecule is COCOC[C@H](C)CC(C(=O)OC)C(=O)[C@H](C)CCCC(C)C. The molecule has 0 fully saturated rings. The smallest absolute Gasteiger partial charge is 0.316 e. The monoisotopic (exact) mass is 330 g/mol. The first-order valence-electron chi connectivity index (χ1n) is 8.51. The number of methoxy groups -OCH3 is 2. The van der Waals surface area contributed by atoms with Gasteiger partial charge in [0.05, 0.1) is 13.7 Å². The molecule has 5 nitrogen and oxygen atoms in total. The summed E-state index contributed by atoms with van der Waals surface area (Å²) in [6.45, 7) is 8.88. The van der Waals surface area contributed by atoms with Crippen LogP contribution in [0.15, 0.2) is 0 Å². The first-order chi connectivity index (χ1) is 10.8. The van der Waals surface area contributed by atoms with Crippen molar-refractivity contribution in [1.29, 1.82) is 0 Å². The molecule has 0 rings (SSSR count). The minimum atomic E-state index is -0.699. The van der Waals surface area contributed by atoms with Gasteiger partial charge in [0, 0.05) is 13.0 Å². The molecule has 1 unspecified atom stereocenters. The number of esters is 1. The minimum absolute atomic E-state index is 0.0146. The Morgan fingerprint density at radius 2 is 1.65 bits per heavy atom. The van der Waals surface area contributed by atoms with Crippen LogP contribution in [0.1, 0.15) is 53.4 Å². The van der Waals surface area contributed by atoms with E-state index in [0.29, 0.717) is 18.9 Å². The third kappa shape index (κ3) is 9.72. The number of hydrogen-bond acceptors (Lipinski definition) is 5. The molecule has 0 aliphatic carbocycles. The molecule has 0 aliphatic heterocycles. The van der Waals surface area contributed by atoms with Crippen LogP contribution in [0.25, 0.3) is 0 Å². The van der Waals surface area contributed by atoms with E-state index in [1.807, 2.05) is 13.8 Å². The standard InChI is InChI=1S/C18H34O5/c1-13(2)8-7-9-15(4)17(19)16(18(20)22-6)10-14(3)11-23-12-21-5/h13-16H,7-12H2,1-6H3/t14-,15-,16?/m1/s1. The molecule has 0 aromatic heterocycles.